The third-order valence-electron chi connectivity index (χ3n) is 5.24. The topological polar surface area (TPSA) is 86.5 Å². The number of anilines is 1. The fraction of sp³-hybridized carbons (Fsp3) is 0.524. The van der Waals surface area contributed by atoms with Gasteiger partial charge in [-0.1, -0.05) is 19.8 Å². The van der Waals surface area contributed by atoms with Gasteiger partial charge in [-0.2, -0.15) is 0 Å². The summed E-state index contributed by atoms with van der Waals surface area (Å²) in [4.78, 5) is 16.5. The summed E-state index contributed by atoms with van der Waals surface area (Å²) in [5.41, 5.74) is 7.55. The van der Waals surface area contributed by atoms with Crippen LogP contribution in [0.3, 0.4) is 0 Å². The Balaban J connectivity index is 2.13. The van der Waals surface area contributed by atoms with Crippen LogP contribution in [-0.4, -0.2) is 30.1 Å². The number of hydrogen-bond acceptors (Lipinski definition) is 5. The van der Waals surface area contributed by atoms with E-state index in [4.69, 9.17) is 15.2 Å². The fourth-order valence-electron chi connectivity index (χ4n) is 3.80. The molecular formula is C21H29N3O3. The average molecular weight is 371 g/mol. The molecule has 6 nitrogen and oxygen atoms in total. The van der Waals surface area contributed by atoms with Gasteiger partial charge in [0.2, 0.25) is 0 Å². The lowest BCUT2D eigenvalue weighted by molar-refractivity contribution is 0.100. The number of carbonyl (C=O) groups is 1. The summed E-state index contributed by atoms with van der Waals surface area (Å²) < 4.78 is 11.5. The van der Waals surface area contributed by atoms with Crippen LogP contribution in [-0.2, 0) is 0 Å². The van der Waals surface area contributed by atoms with E-state index < -0.39 is 5.91 Å². The summed E-state index contributed by atoms with van der Waals surface area (Å²) >= 11 is 0. The van der Waals surface area contributed by atoms with Gasteiger partial charge in [0, 0.05) is 23.7 Å². The second kappa shape index (κ2) is 8.46. The van der Waals surface area contributed by atoms with Crippen LogP contribution < -0.4 is 20.5 Å². The number of fused-ring (bicyclic) bond motifs is 1. The van der Waals surface area contributed by atoms with E-state index in [1.54, 1.807) is 6.20 Å². The highest BCUT2D eigenvalue weighted by Crippen LogP contribution is 2.38. The van der Waals surface area contributed by atoms with E-state index in [1.165, 1.54) is 19.3 Å². The lowest BCUT2D eigenvalue weighted by Crippen LogP contribution is -2.31. The lowest BCUT2D eigenvalue weighted by atomic mass is 9.85. The van der Waals surface area contributed by atoms with Gasteiger partial charge < -0.3 is 20.5 Å². The van der Waals surface area contributed by atoms with E-state index in [0.717, 1.165) is 23.0 Å². The van der Waals surface area contributed by atoms with E-state index in [-0.39, 0.29) is 0 Å². The van der Waals surface area contributed by atoms with E-state index in [1.807, 2.05) is 26.0 Å². The number of carbonyl (C=O) groups excluding carboxylic acids is 1. The minimum Gasteiger partial charge on any atom is -0.490 e. The number of amides is 1. The molecule has 27 heavy (non-hydrogen) atoms. The fourth-order valence-corrected chi connectivity index (χ4v) is 3.80. The molecule has 2 unspecified atom stereocenters. The number of aromatic nitrogens is 1. The van der Waals surface area contributed by atoms with Crippen LogP contribution in [0.25, 0.3) is 10.9 Å². The SMILES string of the molecule is CCOc1cc2ncc(C(N)=O)c(NC3CCCCC3C)c2cc1OCC. The second-order valence-electron chi connectivity index (χ2n) is 7.11. The summed E-state index contributed by atoms with van der Waals surface area (Å²) in [5, 5.41) is 4.44. The first-order valence-electron chi connectivity index (χ1n) is 9.83. The smallest absolute Gasteiger partial charge is 0.252 e. The third kappa shape index (κ3) is 4.10. The van der Waals surface area contributed by atoms with Crippen molar-refractivity contribution in [2.45, 2.75) is 52.5 Å². The van der Waals surface area contributed by atoms with Crippen LogP contribution in [0, 0.1) is 5.92 Å². The first-order valence-corrected chi connectivity index (χ1v) is 9.83. The summed E-state index contributed by atoms with van der Waals surface area (Å²) in [6, 6.07) is 4.08. The van der Waals surface area contributed by atoms with Crippen molar-refractivity contribution in [3.8, 4) is 11.5 Å². The lowest BCUT2D eigenvalue weighted by Gasteiger charge is -2.31. The maximum absolute atomic E-state index is 12.1. The Hall–Kier alpha value is -2.50. The molecule has 1 heterocycles. The molecule has 1 aliphatic rings. The molecule has 1 aromatic carbocycles. The number of rotatable bonds is 7. The van der Waals surface area contributed by atoms with Gasteiger partial charge >= 0.3 is 0 Å². The summed E-state index contributed by atoms with van der Waals surface area (Å²) in [6.45, 7) is 7.18. The molecule has 1 aromatic heterocycles. The molecule has 6 heteroatoms. The predicted octanol–water partition coefficient (Wildman–Crippen LogP) is 4.12. The maximum Gasteiger partial charge on any atom is 0.252 e. The molecule has 0 aliphatic heterocycles. The molecule has 2 atom stereocenters. The number of pyridine rings is 1. The molecule has 1 fully saturated rings. The first-order chi connectivity index (χ1) is 13.0. The molecule has 0 spiro atoms. The van der Waals surface area contributed by atoms with Crippen molar-refractivity contribution < 1.29 is 14.3 Å². The third-order valence-corrected chi connectivity index (χ3v) is 5.24. The predicted molar refractivity (Wildman–Crippen MR) is 108 cm³/mol. The quantitative estimate of drug-likeness (QED) is 0.764. The standard InChI is InChI=1S/C21H29N3O3/c1-4-26-18-10-14-17(11-19(18)27-5-2)23-12-15(21(22)25)20(14)24-16-9-7-6-8-13(16)3/h10-13,16H,4-9H2,1-3H3,(H2,22,25)(H,23,24). The van der Waals surface area contributed by atoms with Crippen molar-refractivity contribution >= 4 is 22.5 Å². The molecule has 0 radical (unpaired) electrons. The minimum absolute atomic E-state index is 0.310. The number of nitrogens with one attached hydrogen (secondary N) is 1. The summed E-state index contributed by atoms with van der Waals surface area (Å²) in [6.07, 6.45) is 6.27. The zero-order valence-corrected chi connectivity index (χ0v) is 16.4. The normalized spacial score (nSPS) is 19.7. The second-order valence-corrected chi connectivity index (χ2v) is 7.11. The molecule has 0 saturated heterocycles. The van der Waals surface area contributed by atoms with Crippen molar-refractivity contribution in [1.29, 1.82) is 0 Å². The Labute approximate surface area is 160 Å². The van der Waals surface area contributed by atoms with Gasteiger partial charge in [0.15, 0.2) is 11.5 Å². The highest BCUT2D eigenvalue weighted by atomic mass is 16.5. The largest absolute Gasteiger partial charge is 0.490 e. The Bertz CT molecular complexity index is 822. The number of nitrogens with two attached hydrogens (primary N) is 1. The van der Waals surface area contributed by atoms with E-state index in [9.17, 15) is 4.79 Å². The van der Waals surface area contributed by atoms with E-state index in [2.05, 4.69) is 17.2 Å². The molecule has 3 N–H and O–H groups in total. The number of primary amides is 1. The molecular weight excluding hydrogens is 342 g/mol. The van der Waals surface area contributed by atoms with Crippen LogP contribution in [0.5, 0.6) is 11.5 Å². The Morgan fingerprint density at radius 3 is 2.48 bits per heavy atom. The first kappa shape index (κ1) is 19.3. The van der Waals surface area contributed by atoms with Gasteiger partial charge in [-0.15, -0.1) is 0 Å². The Morgan fingerprint density at radius 1 is 1.19 bits per heavy atom. The van der Waals surface area contributed by atoms with Gasteiger partial charge in [-0.25, -0.2) is 0 Å². The van der Waals surface area contributed by atoms with Gasteiger partial charge in [0.25, 0.3) is 5.91 Å². The van der Waals surface area contributed by atoms with Gasteiger partial charge in [0.05, 0.1) is 30.0 Å². The molecule has 0 bridgehead atoms. The number of benzene rings is 1. The number of nitrogens with zero attached hydrogens (tertiary/aromatic N) is 1. The van der Waals surface area contributed by atoms with Crippen LogP contribution in [0.4, 0.5) is 5.69 Å². The summed E-state index contributed by atoms with van der Waals surface area (Å²) in [7, 11) is 0. The van der Waals surface area contributed by atoms with Crippen LogP contribution in [0.1, 0.15) is 56.8 Å². The van der Waals surface area contributed by atoms with Crippen LogP contribution >= 0.6 is 0 Å². The van der Waals surface area contributed by atoms with E-state index in [0.29, 0.717) is 42.2 Å². The maximum atomic E-state index is 12.1. The van der Waals surface area contributed by atoms with Crippen molar-refractivity contribution in [3.63, 3.8) is 0 Å². The molecule has 3 rings (SSSR count). The highest BCUT2D eigenvalue weighted by Gasteiger charge is 2.24. The van der Waals surface area contributed by atoms with Gasteiger partial charge in [0.1, 0.15) is 0 Å². The molecule has 1 saturated carbocycles. The van der Waals surface area contributed by atoms with Crippen molar-refractivity contribution in [2.24, 2.45) is 11.7 Å². The Morgan fingerprint density at radius 2 is 1.85 bits per heavy atom. The van der Waals surface area contributed by atoms with Crippen LogP contribution in [0.2, 0.25) is 0 Å². The number of hydrogen-bond donors (Lipinski definition) is 2. The van der Waals surface area contributed by atoms with Crippen LogP contribution in [0.15, 0.2) is 18.3 Å². The monoisotopic (exact) mass is 371 g/mol. The molecule has 1 aliphatic carbocycles. The van der Waals surface area contributed by atoms with Crippen molar-refractivity contribution in [3.05, 3.63) is 23.9 Å². The van der Waals surface area contributed by atoms with E-state index >= 15 is 0 Å². The molecule has 146 valence electrons. The zero-order chi connectivity index (χ0) is 19.4. The average Bonchev–Trinajstić information content (AvgIpc) is 2.64. The van der Waals surface area contributed by atoms with Gasteiger partial charge in [-0.05, 0) is 38.7 Å². The Kier molecular flexibility index (Phi) is 6.04. The molecule has 1 amide bonds. The number of ether oxygens (including phenoxy) is 2. The molecule has 2 aromatic rings. The zero-order valence-electron chi connectivity index (χ0n) is 16.4. The highest BCUT2D eigenvalue weighted by molar-refractivity contribution is 6.07. The summed E-state index contributed by atoms with van der Waals surface area (Å²) in [5.74, 6) is 1.36. The minimum atomic E-state index is -0.484. The van der Waals surface area contributed by atoms with Crippen molar-refractivity contribution in [2.75, 3.05) is 18.5 Å². The van der Waals surface area contributed by atoms with Crippen molar-refractivity contribution in [1.82, 2.24) is 4.98 Å². The van der Waals surface area contributed by atoms with Gasteiger partial charge in [-0.3, -0.25) is 9.78 Å².